The van der Waals surface area contributed by atoms with Crippen LogP contribution in [0.25, 0.3) is 11.1 Å². The molecule has 8 nitrogen and oxygen atoms in total. The largest absolute Gasteiger partial charge is 0.481 e. The summed E-state index contributed by atoms with van der Waals surface area (Å²) >= 11 is 1.57. The molecule has 2 aliphatic rings. The van der Waals surface area contributed by atoms with Crippen molar-refractivity contribution < 1.29 is 29.0 Å². The molecule has 186 valence electrons. The van der Waals surface area contributed by atoms with Crippen LogP contribution in [-0.4, -0.2) is 78.4 Å². The zero-order valence-corrected chi connectivity index (χ0v) is 20.5. The van der Waals surface area contributed by atoms with E-state index in [1.54, 1.807) is 11.8 Å². The highest BCUT2D eigenvalue weighted by molar-refractivity contribution is 7.98. The van der Waals surface area contributed by atoms with Gasteiger partial charge >= 0.3 is 12.1 Å². The zero-order valence-electron chi connectivity index (χ0n) is 19.6. The lowest BCUT2D eigenvalue weighted by atomic mass is 9.98. The van der Waals surface area contributed by atoms with E-state index >= 15 is 0 Å². The van der Waals surface area contributed by atoms with Gasteiger partial charge in [-0.25, -0.2) is 4.79 Å². The quantitative estimate of drug-likeness (QED) is 0.546. The summed E-state index contributed by atoms with van der Waals surface area (Å²) in [5.74, 6) is -0.716. The van der Waals surface area contributed by atoms with E-state index in [0.717, 1.165) is 22.3 Å². The minimum atomic E-state index is -0.997. The lowest BCUT2D eigenvalue weighted by molar-refractivity contribution is -0.147. The minimum Gasteiger partial charge on any atom is -0.481 e. The average molecular weight is 499 g/mol. The van der Waals surface area contributed by atoms with Gasteiger partial charge < -0.3 is 24.8 Å². The molecule has 1 heterocycles. The number of hydrogen-bond donors (Lipinski definition) is 2. The van der Waals surface area contributed by atoms with Gasteiger partial charge in [-0.3, -0.25) is 9.59 Å². The molecule has 1 aliphatic heterocycles. The maximum atomic E-state index is 13.3. The lowest BCUT2D eigenvalue weighted by Gasteiger charge is -2.37. The third-order valence-electron chi connectivity index (χ3n) is 6.47. The van der Waals surface area contributed by atoms with Gasteiger partial charge in [-0.05, 0) is 40.7 Å². The fraction of sp³-hybridized carbons (Fsp3) is 0.423. The van der Waals surface area contributed by atoms with Gasteiger partial charge in [0.05, 0.1) is 25.7 Å². The molecule has 2 atom stereocenters. The second kappa shape index (κ2) is 11.6. The number of amides is 2. The van der Waals surface area contributed by atoms with E-state index in [-0.39, 0.29) is 31.5 Å². The number of aliphatic carboxylic acids is 1. The monoisotopic (exact) mass is 498 g/mol. The van der Waals surface area contributed by atoms with Crippen LogP contribution < -0.4 is 5.32 Å². The molecule has 1 unspecified atom stereocenters. The Balaban J connectivity index is 1.43. The third kappa shape index (κ3) is 5.79. The summed E-state index contributed by atoms with van der Waals surface area (Å²) in [4.78, 5) is 38.9. The molecule has 1 fully saturated rings. The summed E-state index contributed by atoms with van der Waals surface area (Å²) in [6.07, 6.45) is 1.48. The molecule has 35 heavy (non-hydrogen) atoms. The summed E-state index contributed by atoms with van der Waals surface area (Å²) in [7, 11) is 0. The molecule has 0 aromatic heterocycles. The molecule has 0 spiro atoms. The summed E-state index contributed by atoms with van der Waals surface area (Å²) < 4.78 is 11.0. The van der Waals surface area contributed by atoms with Crippen molar-refractivity contribution in [3.05, 3.63) is 59.7 Å². The van der Waals surface area contributed by atoms with Crippen LogP contribution >= 0.6 is 11.8 Å². The van der Waals surface area contributed by atoms with Gasteiger partial charge in [0.15, 0.2) is 0 Å². The van der Waals surface area contributed by atoms with Crippen molar-refractivity contribution in [1.29, 1.82) is 0 Å². The van der Waals surface area contributed by atoms with Crippen LogP contribution in [0.1, 0.15) is 29.9 Å². The number of carboxylic acid groups (broad SMARTS) is 1. The molecular formula is C26H30N2O6S. The fourth-order valence-electron chi connectivity index (χ4n) is 4.79. The minimum absolute atomic E-state index is 0.0762. The number of hydrogen-bond acceptors (Lipinski definition) is 6. The Labute approximate surface area is 209 Å². The number of ether oxygens (including phenoxy) is 2. The molecule has 9 heteroatoms. The highest BCUT2D eigenvalue weighted by Crippen LogP contribution is 2.44. The first kappa shape index (κ1) is 25.1. The fourth-order valence-corrected chi connectivity index (χ4v) is 5.26. The third-order valence-corrected chi connectivity index (χ3v) is 7.11. The smallest absolute Gasteiger partial charge is 0.407 e. The van der Waals surface area contributed by atoms with Crippen LogP contribution in [0.15, 0.2) is 48.5 Å². The second-order valence-corrected chi connectivity index (χ2v) is 9.65. The van der Waals surface area contributed by atoms with Gasteiger partial charge in [0.1, 0.15) is 12.6 Å². The number of nitrogens with zero attached hydrogens (tertiary/aromatic N) is 1. The molecule has 4 rings (SSSR count). The van der Waals surface area contributed by atoms with Crippen LogP contribution in [0.3, 0.4) is 0 Å². The normalized spacial score (nSPS) is 17.9. The van der Waals surface area contributed by atoms with Crippen LogP contribution in [0.2, 0.25) is 0 Å². The van der Waals surface area contributed by atoms with Crippen molar-refractivity contribution >= 4 is 29.7 Å². The predicted octanol–water partition coefficient (Wildman–Crippen LogP) is 3.35. The number of rotatable bonds is 9. The predicted molar refractivity (Wildman–Crippen MR) is 134 cm³/mol. The Morgan fingerprint density at radius 3 is 2.43 bits per heavy atom. The number of thioether (sulfide) groups is 1. The van der Waals surface area contributed by atoms with Gasteiger partial charge in [0.25, 0.3) is 0 Å². The lowest BCUT2D eigenvalue weighted by Crippen LogP contribution is -2.56. The molecule has 2 N–H and O–H groups in total. The zero-order chi connectivity index (χ0) is 24.8. The molecule has 1 saturated heterocycles. The van der Waals surface area contributed by atoms with E-state index in [1.807, 2.05) is 42.7 Å². The van der Waals surface area contributed by atoms with Crippen molar-refractivity contribution in [3.8, 4) is 11.1 Å². The Kier molecular flexibility index (Phi) is 8.30. The topological polar surface area (TPSA) is 105 Å². The number of alkyl carbamates (subject to hydrolysis) is 1. The molecule has 1 aliphatic carbocycles. The summed E-state index contributed by atoms with van der Waals surface area (Å²) in [6.45, 7) is 0.946. The van der Waals surface area contributed by atoms with Crippen molar-refractivity contribution in [2.24, 2.45) is 0 Å². The van der Waals surface area contributed by atoms with Crippen LogP contribution in [0.4, 0.5) is 4.79 Å². The molecule has 2 aromatic carbocycles. The first-order valence-electron chi connectivity index (χ1n) is 11.7. The van der Waals surface area contributed by atoms with Gasteiger partial charge in [0.2, 0.25) is 5.91 Å². The van der Waals surface area contributed by atoms with E-state index in [1.165, 1.54) is 4.90 Å². The highest BCUT2D eigenvalue weighted by atomic mass is 32.2. The van der Waals surface area contributed by atoms with Crippen LogP contribution in [0, 0.1) is 0 Å². The second-order valence-electron chi connectivity index (χ2n) is 8.66. The summed E-state index contributed by atoms with van der Waals surface area (Å²) in [5, 5.41) is 12.0. The maximum absolute atomic E-state index is 13.3. The standard InChI is InChI=1S/C26H30N2O6S/c1-35-13-10-23(25(31)28-11-12-33-15-17(28)14-24(29)30)27-26(32)34-16-22-20-8-4-2-6-18(20)19-7-3-5-9-21(19)22/h2-9,17,22-23H,10-16H2,1H3,(H,27,32)(H,29,30)/t17?,23-/m1/s1. The number of nitrogens with one attached hydrogen (secondary N) is 1. The summed E-state index contributed by atoms with van der Waals surface area (Å²) in [6, 6.07) is 14.8. The van der Waals surface area contributed by atoms with Crippen molar-refractivity contribution in [2.45, 2.75) is 30.8 Å². The molecule has 0 saturated carbocycles. The van der Waals surface area contributed by atoms with E-state index in [2.05, 4.69) is 17.4 Å². The molecule has 0 bridgehead atoms. The Morgan fingerprint density at radius 2 is 1.80 bits per heavy atom. The Bertz CT molecular complexity index is 1030. The van der Waals surface area contributed by atoms with Crippen molar-refractivity contribution in [3.63, 3.8) is 0 Å². The Morgan fingerprint density at radius 1 is 1.14 bits per heavy atom. The summed E-state index contributed by atoms with van der Waals surface area (Å²) in [5.41, 5.74) is 4.51. The molecule has 0 radical (unpaired) electrons. The number of carboxylic acids is 1. The number of carbonyl (C=O) groups is 3. The van der Waals surface area contributed by atoms with Crippen molar-refractivity contribution in [2.75, 3.05) is 38.4 Å². The molecule has 2 aromatic rings. The highest BCUT2D eigenvalue weighted by Gasteiger charge is 2.35. The SMILES string of the molecule is CSCC[C@@H](NC(=O)OCC1c2ccccc2-c2ccccc21)C(=O)N1CCOCC1CC(=O)O. The van der Waals surface area contributed by atoms with E-state index < -0.39 is 24.1 Å². The Hall–Kier alpha value is -3.04. The number of benzene rings is 2. The van der Waals surface area contributed by atoms with Crippen LogP contribution in [0.5, 0.6) is 0 Å². The molecule has 2 amide bonds. The van der Waals surface area contributed by atoms with Gasteiger partial charge in [-0.2, -0.15) is 11.8 Å². The number of fused-ring (bicyclic) bond motifs is 3. The van der Waals surface area contributed by atoms with E-state index in [0.29, 0.717) is 25.3 Å². The van der Waals surface area contributed by atoms with Crippen LogP contribution in [-0.2, 0) is 19.1 Å². The van der Waals surface area contributed by atoms with Gasteiger partial charge in [-0.1, -0.05) is 48.5 Å². The first-order chi connectivity index (χ1) is 17.0. The maximum Gasteiger partial charge on any atom is 0.407 e. The van der Waals surface area contributed by atoms with Gasteiger partial charge in [-0.15, -0.1) is 0 Å². The average Bonchev–Trinajstić information content (AvgIpc) is 3.18. The molecular weight excluding hydrogens is 468 g/mol. The number of morpholine rings is 1. The van der Waals surface area contributed by atoms with Crippen molar-refractivity contribution in [1.82, 2.24) is 10.2 Å². The van der Waals surface area contributed by atoms with E-state index in [9.17, 15) is 19.5 Å². The van der Waals surface area contributed by atoms with Gasteiger partial charge in [0, 0.05) is 12.5 Å². The number of carbonyl (C=O) groups excluding carboxylic acids is 2. The van der Waals surface area contributed by atoms with E-state index in [4.69, 9.17) is 9.47 Å². The first-order valence-corrected chi connectivity index (χ1v) is 13.1.